The molecule has 0 heterocycles. The number of benzene rings is 2. The minimum absolute atomic E-state index is 0.231. The van der Waals surface area contributed by atoms with Gasteiger partial charge < -0.3 is 10.5 Å². The molecule has 0 bridgehead atoms. The molecule has 0 spiro atoms. The predicted octanol–water partition coefficient (Wildman–Crippen LogP) is 3.53. The number of rotatable bonds is 2. The molecule has 0 radical (unpaired) electrons. The molecule has 2 aromatic rings. The van der Waals surface area contributed by atoms with Crippen LogP contribution < -0.4 is 10.5 Å². The quantitative estimate of drug-likeness (QED) is 0.826. The van der Waals surface area contributed by atoms with Crippen LogP contribution in [0.15, 0.2) is 30.3 Å². The van der Waals surface area contributed by atoms with Crippen molar-refractivity contribution in [1.82, 2.24) is 0 Å². The van der Waals surface area contributed by atoms with Crippen molar-refractivity contribution in [2.75, 3.05) is 12.8 Å². The maximum absolute atomic E-state index is 13.9. The molecule has 0 atom stereocenters. The van der Waals surface area contributed by atoms with Gasteiger partial charge in [0.25, 0.3) is 0 Å². The maximum atomic E-state index is 13.9. The van der Waals surface area contributed by atoms with Crippen LogP contribution in [0.1, 0.15) is 5.56 Å². The Morgan fingerprint density at radius 1 is 1.06 bits per heavy atom. The van der Waals surface area contributed by atoms with Crippen molar-refractivity contribution in [2.45, 2.75) is 6.92 Å². The van der Waals surface area contributed by atoms with Crippen LogP contribution in [0, 0.1) is 18.6 Å². The van der Waals surface area contributed by atoms with Crippen LogP contribution in [-0.4, -0.2) is 7.11 Å². The van der Waals surface area contributed by atoms with Gasteiger partial charge in [-0.05, 0) is 42.8 Å². The Labute approximate surface area is 104 Å². The van der Waals surface area contributed by atoms with Crippen LogP contribution in [0.25, 0.3) is 11.1 Å². The van der Waals surface area contributed by atoms with Gasteiger partial charge in [0.05, 0.1) is 7.11 Å². The fourth-order valence-electron chi connectivity index (χ4n) is 1.79. The molecule has 4 heteroatoms. The van der Waals surface area contributed by atoms with Crippen LogP contribution in [0.5, 0.6) is 5.75 Å². The summed E-state index contributed by atoms with van der Waals surface area (Å²) in [4.78, 5) is 0. The van der Waals surface area contributed by atoms with E-state index in [0.717, 1.165) is 0 Å². The molecule has 0 aliphatic rings. The highest BCUT2D eigenvalue weighted by molar-refractivity contribution is 5.74. The van der Waals surface area contributed by atoms with Gasteiger partial charge in [0.15, 0.2) is 0 Å². The summed E-state index contributed by atoms with van der Waals surface area (Å²) in [5.74, 6) is -0.506. The van der Waals surface area contributed by atoms with Crippen molar-refractivity contribution >= 4 is 5.69 Å². The third-order valence-corrected chi connectivity index (χ3v) is 2.81. The van der Waals surface area contributed by atoms with Gasteiger partial charge in [0.1, 0.15) is 17.4 Å². The van der Waals surface area contributed by atoms with E-state index < -0.39 is 11.6 Å². The zero-order chi connectivity index (χ0) is 13.3. The van der Waals surface area contributed by atoms with Gasteiger partial charge in [-0.1, -0.05) is 0 Å². The number of nitrogen functional groups attached to an aromatic ring is 1. The number of ether oxygens (including phenoxy) is 1. The first kappa shape index (κ1) is 12.4. The third kappa shape index (κ3) is 2.14. The Kier molecular flexibility index (Phi) is 3.19. The number of anilines is 1. The smallest absolute Gasteiger partial charge is 0.131 e. The highest BCUT2D eigenvalue weighted by Gasteiger charge is 2.13. The summed E-state index contributed by atoms with van der Waals surface area (Å²) in [5.41, 5.74) is 7.44. The van der Waals surface area contributed by atoms with E-state index in [1.807, 2.05) is 0 Å². The average Bonchev–Trinajstić information content (AvgIpc) is 2.34. The van der Waals surface area contributed by atoms with E-state index in [1.165, 1.54) is 37.4 Å². The van der Waals surface area contributed by atoms with Gasteiger partial charge >= 0.3 is 0 Å². The summed E-state index contributed by atoms with van der Waals surface area (Å²) < 4.78 is 32.3. The van der Waals surface area contributed by atoms with Crippen LogP contribution in [0.4, 0.5) is 14.5 Å². The van der Waals surface area contributed by atoms with Crippen LogP contribution in [-0.2, 0) is 0 Å². The Balaban J connectivity index is 2.68. The van der Waals surface area contributed by atoms with Crippen molar-refractivity contribution in [2.24, 2.45) is 0 Å². The summed E-state index contributed by atoms with van der Waals surface area (Å²) in [5, 5.41) is 0. The lowest BCUT2D eigenvalue weighted by atomic mass is 10.0. The number of hydrogen-bond donors (Lipinski definition) is 1. The second-order valence-corrected chi connectivity index (χ2v) is 4.03. The van der Waals surface area contributed by atoms with Gasteiger partial charge in [0.2, 0.25) is 0 Å². The van der Waals surface area contributed by atoms with Gasteiger partial charge in [0, 0.05) is 16.8 Å². The molecule has 0 unspecified atom stereocenters. The first-order chi connectivity index (χ1) is 8.52. The molecule has 2 aromatic carbocycles. The molecule has 0 fully saturated rings. The first-order valence-corrected chi connectivity index (χ1v) is 5.42. The maximum Gasteiger partial charge on any atom is 0.131 e. The number of nitrogens with two attached hydrogens (primary N) is 1. The Morgan fingerprint density at radius 2 is 1.78 bits per heavy atom. The normalized spacial score (nSPS) is 10.4. The van der Waals surface area contributed by atoms with Gasteiger partial charge in [-0.2, -0.15) is 0 Å². The monoisotopic (exact) mass is 249 g/mol. The molecular weight excluding hydrogens is 236 g/mol. The predicted molar refractivity (Wildman–Crippen MR) is 67.5 cm³/mol. The van der Waals surface area contributed by atoms with E-state index >= 15 is 0 Å². The van der Waals surface area contributed by atoms with E-state index in [1.54, 1.807) is 6.92 Å². The molecule has 0 aliphatic heterocycles. The van der Waals surface area contributed by atoms with E-state index in [4.69, 9.17) is 10.5 Å². The number of halogens is 2. The van der Waals surface area contributed by atoms with Crippen molar-refractivity contribution < 1.29 is 13.5 Å². The molecule has 0 aliphatic carbocycles. The zero-order valence-corrected chi connectivity index (χ0v) is 10.1. The molecule has 0 saturated heterocycles. The van der Waals surface area contributed by atoms with Crippen molar-refractivity contribution in [3.8, 4) is 16.9 Å². The van der Waals surface area contributed by atoms with Crippen molar-refractivity contribution in [3.63, 3.8) is 0 Å². The molecule has 0 aromatic heterocycles. The van der Waals surface area contributed by atoms with E-state index in [0.29, 0.717) is 22.6 Å². The Hall–Kier alpha value is -2.10. The molecule has 18 heavy (non-hydrogen) atoms. The Morgan fingerprint density at radius 3 is 2.44 bits per heavy atom. The van der Waals surface area contributed by atoms with Crippen molar-refractivity contribution in [1.29, 1.82) is 0 Å². The first-order valence-electron chi connectivity index (χ1n) is 5.42. The van der Waals surface area contributed by atoms with Crippen LogP contribution in [0.2, 0.25) is 0 Å². The average molecular weight is 249 g/mol. The third-order valence-electron chi connectivity index (χ3n) is 2.81. The summed E-state index contributed by atoms with van der Waals surface area (Å²) in [6, 6.07) is 6.76. The van der Waals surface area contributed by atoms with Crippen molar-refractivity contribution in [3.05, 3.63) is 47.5 Å². The Bertz CT molecular complexity index is 597. The number of aryl methyl sites for hydroxylation is 1. The van der Waals surface area contributed by atoms with Gasteiger partial charge in [-0.25, -0.2) is 8.78 Å². The summed E-state index contributed by atoms with van der Waals surface area (Å²) in [7, 11) is 1.45. The minimum Gasteiger partial charge on any atom is -0.496 e. The lowest BCUT2D eigenvalue weighted by Crippen LogP contribution is -1.96. The molecule has 2 rings (SSSR count). The second kappa shape index (κ2) is 4.64. The molecule has 2 nitrogen and oxygen atoms in total. The van der Waals surface area contributed by atoms with Gasteiger partial charge in [-0.15, -0.1) is 0 Å². The van der Waals surface area contributed by atoms with Gasteiger partial charge in [-0.3, -0.25) is 0 Å². The summed E-state index contributed by atoms with van der Waals surface area (Å²) in [6.45, 7) is 1.71. The summed E-state index contributed by atoms with van der Waals surface area (Å²) in [6.07, 6.45) is 0. The minimum atomic E-state index is -0.454. The fourth-order valence-corrected chi connectivity index (χ4v) is 1.79. The lowest BCUT2D eigenvalue weighted by molar-refractivity contribution is 0.415. The lowest BCUT2D eigenvalue weighted by Gasteiger charge is -2.11. The van der Waals surface area contributed by atoms with Crippen LogP contribution >= 0.6 is 0 Å². The van der Waals surface area contributed by atoms with E-state index in [9.17, 15) is 8.78 Å². The van der Waals surface area contributed by atoms with E-state index in [-0.39, 0.29) is 5.56 Å². The molecule has 2 N–H and O–H groups in total. The fraction of sp³-hybridized carbons (Fsp3) is 0.143. The number of methoxy groups -OCH3 is 1. The largest absolute Gasteiger partial charge is 0.496 e. The topological polar surface area (TPSA) is 35.2 Å². The molecule has 94 valence electrons. The molecule has 0 saturated carbocycles. The SMILES string of the molecule is COc1ccc(F)cc1-c1cc(N)c(C)cc1F. The highest BCUT2D eigenvalue weighted by atomic mass is 19.1. The molecular formula is C14H13F2NO. The zero-order valence-electron chi connectivity index (χ0n) is 10.1. The molecule has 0 amide bonds. The highest BCUT2D eigenvalue weighted by Crippen LogP contribution is 2.34. The number of hydrogen-bond acceptors (Lipinski definition) is 2. The van der Waals surface area contributed by atoms with E-state index in [2.05, 4.69) is 0 Å². The standard InChI is InChI=1S/C14H13F2NO/c1-8-5-12(16)10(7-13(8)17)11-6-9(15)3-4-14(11)18-2/h3-7H,17H2,1-2H3. The summed E-state index contributed by atoms with van der Waals surface area (Å²) >= 11 is 0. The van der Waals surface area contributed by atoms with Crippen LogP contribution in [0.3, 0.4) is 0 Å². The second-order valence-electron chi connectivity index (χ2n) is 4.03.